The van der Waals surface area contributed by atoms with Crippen molar-refractivity contribution in [2.24, 2.45) is 0 Å². The highest BCUT2D eigenvalue weighted by molar-refractivity contribution is 5.70. The van der Waals surface area contributed by atoms with Crippen LogP contribution >= 0.6 is 0 Å². The van der Waals surface area contributed by atoms with Gasteiger partial charge in [0.2, 0.25) is 0 Å². The van der Waals surface area contributed by atoms with Gasteiger partial charge in [-0.15, -0.1) is 0 Å². The highest BCUT2D eigenvalue weighted by Crippen LogP contribution is 2.41. The molecule has 0 heterocycles. The molecule has 0 aliphatic heterocycles. The van der Waals surface area contributed by atoms with Gasteiger partial charge in [-0.2, -0.15) is 5.26 Å². The summed E-state index contributed by atoms with van der Waals surface area (Å²) in [6.45, 7) is 6.44. The third-order valence-electron chi connectivity index (χ3n) is 3.63. The number of nitriles is 1. The lowest BCUT2D eigenvalue weighted by Gasteiger charge is -2.24. The molecule has 3 heteroatoms. The average Bonchev–Trinajstić information content (AvgIpc) is 2.52. The van der Waals surface area contributed by atoms with Crippen LogP contribution in [0.2, 0.25) is 0 Å². The predicted octanol–water partition coefficient (Wildman–Crippen LogP) is 4.54. The quantitative estimate of drug-likeness (QED) is 0.834. The molecule has 0 radical (unpaired) electrons. The van der Waals surface area contributed by atoms with Gasteiger partial charge in [-0.05, 0) is 40.8 Å². The second kappa shape index (κ2) is 6.11. The topological polar surface area (TPSA) is 42.2 Å². The van der Waals surface area contributed by atoms with Crippen LogP contribution in [0.15, 0.2) is 36.4 Å². The molecule has 0 aliphatic carbocycles. The SMILES string of the molecule is COc1cc(-c2ccc(C#N)cc2)cc(C(C)(C)C)c1OC. The maximum atomic E-state index is 8.91. The number of nitrogens with zero attached hydrogens (tertiary/aromatic N) is 1. The summed E-state index contributed by atoms with van der Waals surface area (Å²) in [7, 11) is 3.31. The van der Waals surface area contributed by atoms with Crippen LogP contribution in [0.4, 0.5) is 0 Å². The van der Waals surface area contributed by atoms with Gasteiger partial charge < -0.3 is 9.47 Å². The molecule has 0 fully saturated rings. The summed E-state index contributed by atoms with van der Waals surface area (Å²) < 4.78 is 11.1. The third kappa shape index (κ3) is 3.07. The minimum atomic E-state index is -0.0682. The first-order valence-corrected chi connectivity index (χ1v) is 7.17. The van der Waals surface area contributed by atoms with Crippen LogP contribution in [0.1, 0.15) is 31.9 Å². The van der Waals surface area contributed by atoms with Crippen molar-refractivity contribution in [3.05, 3.63) is 47.5 Å². The number of hydrogen-bond donors (Lipinski definition) is 0. The van der Waals surface area contributed by atoms with E-state index in [0.29, 0.717) is 11.3 Å². The lowest BCUT2D eigenvalue weighted by atomic mass is 9.84. The van der Waals surface area contributed by atoms with E-state index in [1.807, 2.05) is 30.3 Å². The van der Waals surface area contributed by atoms with E-state index < -0.39 is 0 Å². The Kier molecular flexibility index (Phi) is 4.42. The van der Waals surface area contributed by atoms with E-state index in [4.69, 9.17) is 14.7 Å². The van der Waals surface area contributed by atoms with E-state index in [-0.39, 0.29) is 5.41 Å². The van der Waals surface area contributed by atoms with Crippen LogP contribution in [0.3, 0.4) is 0 Å². The highest BCUT2D eigenvalue weighted by atomic mass is 16.5. The largest absolute Gasteiger partial charge is 0.493 e. The Morgan fingerprint density at radius 3 is 2.00 bits per heavy atom. The van der Waals surface area contributed by atoms with Gasteiger partial charge in [0.25, 0.3) is 0 Å². The maximum absolute atomic E-state index is 8.91. The van der Waals surface area contributed by atoms with Gasteiger partial charge in [0.1, 0.15) is 0 Å². The van der Waals surface area contributed by atoms with Gasteiger partial charge in [-0.25, -0.2) is 0 Å². The summed E-state index contributed by atoms with van der Waals surface area (Å²) in [5.41, 5.74) is 3.77. The predicted molar refractivity (Wildman–Crippen MR) is 88.4 cm³/mol. The zero-order chi connectivity index (χ0) is 16.3. The number of benzene rings is 2. The molecule has 22 heavy (non-hydrogen) atoms. The summed E-state index contributed by atoms with van der Waals surface area (Å²) in [5.74, 6) is 1.49. The minimum absolute atomic E-state index is 0.0682. The van der Waals surface area contributed by atoms with Gasteiger partial charge in [-0.1, -0.05) is 32.9 Å². The number of hydrogen-bond acceptors (Lipinski definition) is 3. The van der Waals surface area contributed by atoms with Crippen molar-refractivity contribution in [1.82, 2.24) is 0 Å². The third-order valence-corrected chi connectivity index (χ3v) is 3.63. The highest BCUT2D eigenvalue weighted by Gasteiger charge is 2.23. The van der Waals surface area contributed by atoms with Crippen molar-refractivity contribution in [2.75, 3.05) is 14.2 Å². The normalized spacial score (nSPS) is 10.9. The Morgan fingerprint density at radius 1 is 0.909 bits per heavy atom. The molecule has 2 rings (SSSR count). The average molecular weight is 295 g/mol. The molecule has 0 aliphatic rings. The van der Waals surface area contributed by atoms with E-state index in [1.165, 1.54) is 0 Å². The van der Waals surface area contributed by atoms with Crippen LogP contribution in [0.25, 0.3) is 11.1 Å². The van der Waals surface area contributed by atoms with Crippen molar-refractivity contribution in [2.45, 2.75) is 26.2 Å². The fourth-order valence-electron chi connectivity index (χ4n) is 2.43. The maximum Gasteiger partial charge on any atom is 0.164 e. The van der Waals surface area contributed by atoms with Gasteiger partial charge in [0.15, 0.2) is 11.5 Å². The standard InChI is InChI=1S/C19H21NO2/c1-19(2,3)16-10-15(11-17(21-4)18(16)22-5)14-8-6-13(12-20)7-9-14/h6-11H,1-5H3. The Bertz CT molecular complexity index is 704. The molecule has 0 N–H and O–H groups in total. The molecule has 2 aromatic rings. The van der Waals surface area contributed by atoms with Gasteiger partial charge in [-0.3, -0.25) is 0 Å². The summed E-state index contributed by atoms with van der Waals surface area (Å²) in [6.07, 6.45) is 0. The molecule has 0 saturated heterocycles. The van der Waals surface area contributed by atoms with Crippen LogP contribution in [-0.4, -0.2) is 14.2 Å². The molecule has 0 bridgehead atoms. The Balaban J connectivity index is 2.64. The summed E-state index contributed by atoms with van der Waals surface area (Å²) in [4.78, 5) is 0. The molecule has 0 saturated carbocycles. The van der Waals surface area contributed by atoms with Gasteiger partial charge >= 0.3 is 0 Å². The monoisotopic (exact) mass is 295 g/mol. The molecule has 0 amide bonds. The first kappa shape index (κ1) is 15.9. The fraction of sp³-hybridized carbons (Fsp3) is 0.316. The van der Waals surface area contributed by atoms with Crippen molar-refractivity contribution < 1.29 is 9.47 Å². The Labute approximate surface area is 132 Å². The minimum Gasteiger partial charge on any atom is -0.493 e. The Hall–Kier alpha value is -2.47. The Morgan fingerprint density at radius 2 is 1.55 bits per heavy atom. The summed E-state index contributed by atoms with van der Waals surface area (Å²) >= 11 is 0. The number of ether oxygens (including phenoxy) is 2. The van der Waals surface area contributed by atoms with E-state index in [0.717, 1.165) is 22.4 Å². The summed E-state index contributed by atoms with van der Waals surface area (Å²) in [6, 6.07) is 13.8. The van der Waals surface area contributed by atoms with E-state index >= 15 is 0 Å². The molecule has 0 atom stereocenters. The van der Waals surface area contributed by atoms with Crippen molar-refractivity contribution in [3.8, 4) is 28.7 Å². The molecular weight excluding hydrogens is 274 g/mol. The van der Waals surface area contributed by atoms with Crippen LogP contribution in [0.5, 0.6) is 11.5 Å². The summed E-state index contributed by atoms with van der Waals surface area (Å²) in [5, 5.41) is 8.91. The first-order chi connectivity index (χ1) is 10.4. The van der Waals surface area contributed by atoms with E-state index in [9.17, 15) is 0 Å². The molecule has 0 unspecified atom stereocenters. The van der Waals surface area contributed by atoms with Crippen molar-refractivity contribution >= 4 is 0 Å². The number of rotatable bonds is 3. The molecule has 0 spiro atoms. The number of methoxy groups -OCH3 is 2. The molecule has 114 valence electrons. The van der Waals surface area contributed by atoms with E-state index in [1.54, 1.807) is 14.2 Å². The zero-order valence-electron chi connectivity index (χ0n) is 13.7. The molecular formula is C19H21NO2. The lowest BCUT2D eigenvalue weighted by molar-refractivity contribution is 0.345. The zero-order valence-corrected chi connectivity index (χ0v) is 13.7. The second-order valence-electron chi connectivity index (χ2n) is 6.20. The lowest BCUT2D eigenvalue weighted by Crippen LogP contribution is -2.13. The van der Waals surface area contributed by atoms with Crippen LogP contribution in [0, 0.1) is 11.3 Å². The van der Waals surface area contributed by atoms with Gasteiger partial charge in [0.05, 0.1) is 25.9 Å². The van der Waals surface area contributed by atoms with Crippen LogP contribution < -0.4 is 9.47 Å². The first-order valence-electron chi connectivity index (χ1n) is 7.17. The second-order valence-corrected chi connectivity index (χ2v) is 6.20. The van der Waals surface area contributed by atoms with Crippen LogP contribution in [-0.2, 0) is 5.41 Å². The van der Waals surface area contributed by atoms with Gasteiger partial charge in [0, 0.05) is 5.56 Å². The molecule has 2 aromatic carbocycles. The molecule has 3 nitrogen and oxygen atoms in total. The molecule has 0 aromatic heterocycles. The van der Waals surface area contributed by atoms with Crippen molar-refractivity contribution in [3.63, 3.8) is 0 Å². The van der Waals surface area contributed by atoms with E-state index in [2.05, 4.69) is 32.9 Å². The fourth-order valence-corrected chi connectivity index (χ4v) is 2.43. The smallest absolute Gasteiger partial charge is 0.164 e. The van der Waals surface area contributed by atoms with Crippen molar-refractivity contribution in [1.29, 1.82) is 5.26 Å².